The molecule has 104 valence electrons. The van der Waals surface area contributed by atoms with Crippen LogP contribution in [0.15, 0.2) is 30.3 Å². The van der Waals surface area contributed by atoms with E-state index in [2.05, 4.69) is 0 Å². The first-order chi connectivity index (χ1) is 9.40. The Morgan fingerprint density at radius 2 is 1.70 bits per heavy atom. The first-order valence-corrected chi connectivity index (χ1v) is 6.13. The van der Waals surface area contributed by atoms with Gasteiger partial charge < -0.3 is 0 Å². The molecule has 0 N–H and O–H groups in total. The predicted octanol–water partition coefficient (Wildman–Crippen LogP) is 4.15. The van der Waals surface area contributed by atoms with Crippen LogP contribution in [-0.4, -0.2) is 5.78 Å². The minimum Gasteiger partial charge on any atom is -0.294 e. The first kappa shape index (κ1) is 14.3. The average molecular weight is 278 g/mol. The van der Waals surface area contributed by atoms with Crippen molar-refractivity contribution in [3.8, 4) is 0 Å². The van der Waals surface area contributed by atoms with Crippen molar-refractivity contribution in [3.63, 3.8) is 0 Å². The normalized spacial score (nSPS) is 10.7. The number of hydrogen-bond acceptors (Lipinski definition) is 1. The van der Waals surface area contributed by atoms with Crippen LogP contribution in [0.3, 0.4) is 0 Å². The standard InChI is InChI=1S/C16H13F3O/c1-9-3-4-10(2)11(7-9)8-14(20)12-5-6-13(17)16(19)15(12)18/h3-7H,8H2,1-2H3. The lowest BCUT2D eigenvalue weighted by molar-refractivity contribution is 0.0987. The third kappa shape index (κ3) is 2.74. The van der Waals surface area contributed by atoms with Crippen molar-refractivity contribution in [2.75, 3.05) is 0 Å². The molecule has 0 unspecified atom stereocenters. The number of aryl methyl sites for hydroxylation is 2. The first-order valence-electron chi connectivity index (χ1n) is 6.13. The molecule has 0 aliphatic rings. The van der Waals surface area contributed by atoms with Crippen molar-refractivity contribution in [2.45, 2.75) is 20.3 Å². The molecule has 0 amide bonds. The molecule has 0 atom stereocenters. The second kappa shape index (κ2) is 5.49. The number of halogens is 3. The molecule has 0 aliphatic carbocycles. The minimum atomic E-state index is -1.61. The van der Waals surface area contributed by atoms with Gasteiger partial charge in [-0.1, -0.05) is 23.8 Å². The zero-order valence-electron chi connectivity index (χ0n) is 11.1. The number of rotatable bonds is 3. The van der Waals surface area contributed by atoms with E-state index in [4.69, 9.17) is 0 Å². The monoisotopic (exact) mass is 278 g/mol. The average Bonchev–Trinajstić information content (AvgIpc) is 2.40. The molecular formula is C16H13F3O. The van der Waals surface area contributed by atoms with Gasteiger partial charge in [0.25, 0.3) is 0 Å². The largest absolute Gasteiger partial charge is 0.294 e. The van der Waals surface area contributed by atoms with Gasteiger partial charge >= 0.3 is 0 Å². The Hall–Kier alpha value is -2.10. The van der Waals surface area contributed by atoms with Crippen LogP contribution in [0, 0.1) is 31.3 Å². The van der Waals surface area contributed by atoms with E-state index in [9.17, 15) is 18.0 Å². The number of carbonyl (C=O) groups is 1. The summed E-state index contributed by atoms with van der Waals surface area (Å²) < 4.78 is 39.5. The fraction of sp³-hybridized carbons (Fsp3) is 0.188. The highest BCUT2D eigenvalue weighted by Gasteiger charge is 2.19. The Morgan fingerprint density at radius 3 is 2.40 bits per heavy atom. The lowest BCUT2D eigenvalue weighted by Gasteiger charge is -2.08. The number of carbonyl (C=O) groups excluding carboxylic acids is 1. The van der Waals surface area contributed by atoms with Crippen LogP contribution in [-0.2, 0) is 6.42 Å². The van der Waals surface area contributed by atoms with Gasteiger partial charge in [0, 0.05) is 6.42 Å². The summed E-state index contributed by atoms with van der Waals surface area (Å²) in [5, 5.41) is 0. The molecule has 0 radical (unpaired) electrons. The van der Waals surface area contributed by atoms with Gasteiger partial charge in [0.1, 0.15) is 0 Å². The Kier molecular flexibility index (Phi) is 3.93. The molecule has 1 nitrogen and oxygen atoms in total. The molecule has 0 aliphatic heterocycles. The molecule has 4 heteroatoms. The molecule has 0 aromatic heterocycles. The summed E-state index contributed by atoms with van der Waals surface area (Å²) in [6, 6.07) is 7.32. The molecule has 2 rings (SSSR count). The van der Waals surface area contributed by atoms with E-state index in [1.807, 2.05) is 32.0 Å². The second-order valence-corrected chi connectivity index (χ2v) is 4.75. The summed E-state index contributed by atoms with van der Waals surface area (Å²) in [7, 11) is 0. The molecule has 0 fully saturated rings. The van der Waals surface area contributed by atoms with Crippen LogP contribution in [0.2, 0.25) is 0 Å². The molecule has 0 saturated heterocycles. The van der Waals surface area contributed by atoms with Crippen LogP contribution < -0.4 is 0 Å². The lowest BCUT2D eigenvalue weighted by atomic mass is 9.97. The van der Waals surface area contributed by atoms with Crippen molar-refractivity contribution in [1.82, 2.24) is 0 Å². The Morgan fingerprint density at radius 1 is 1.00 bits per heavy atom. The Bertz CT molecular complexity index is 678. The number of Topliss-reactive ketones (excluding diaryl/α,β-unsaturated/α-hetero) is 1. The Labute approximate surface area is 115 Å². The topological polar surface area (TPSA) is 17.1 Å². The smallest absolute Gasteiger partial charge is 0.195 e. The fourth-order valence-corrected chi connectivity index (χ4v) is 2.00. The summed E-state index contributed by atoms with van der Waals surface area (Å²) in [6.45, 7) is 3.72. The molecular weight excluding hydrogens is 265 g/mol. The van der Waals surface area contributed by atoms with Crippen molar-refractivity contribution in [2.24, 2.45) is 0 Å². The van der Waals surface area contributed by atoms with E-state index in [0.29, 0.717) is 0 Å². The number of ketones is 1. The van der Waals surface area contributed by atoms with E-state index < -0.39 is 28.8 Å². The maximum Gasteiger partial charge on any atom is 0.195 e. The number of hydrogen-bond donors (Lipinski definition) is 0. The summed E-state index contributed by atoms with van der Waals surface area (Å²) in [5.41, 5.74) is 2.19. The van der Waals surface area contributed by atoms with Gasteiger partial charge in [-0.05, 0) is 37.1 Å². The van der Waals surface area contributed by atoms with Crippen LogP contribution in [0.4, 0.5) is 13.2 Å². The highest BCUT2D eigenvalue weighted by Crippen LogP contribution is 2.19. The van der Waals surface area contributed by atoms with E-state index in [-0.39, 0.29) is 6.42 Å². The molecule has 0 heterocycles. The lowest BCUT2D eigenvalue weighted by Crippen LogP contribution is -2.09. The molecule has 0 spiro atoms. The second-order valence-electron chi connectivity index (χ2n) is 4.75. The molecule has 2 aromatic rings. The van der Waals surface area contributed by atoms with Crippen LogP contribution in [0.25, 0.3) is 0 Å². The minimum absolute atomic E-state index is 0.0461. The van der Waals surface area contributed by atoms with E-state index in [0.717, 1.165) is 28.8 Å². The third-order valence-corrected chi connectivity index (χ3v) is 3.19. The van der Waals surface area contributed by atoms with Crippen LogP contribution in [0.1, 0.15) is 27.0 Å². The van der Waals surface area contributed by atoms with Gasteiger partial charge in [-0.3, -0.25) is 4.79 Å². The quantitative estimate of drug-likeness (QED) is 0.609. The van der Waals surface area contributed by atoms with Crippen molar-refractivity contribution >= 4 is 5.78 Å². The van der Waals surface area contributed by atoms with Crippen molar-refractivity contribution in [1.29, 1.82) is 0 Å². The number of benzene rings is 2. The summed E-state index contributed by atoms with van der Waals surface area (Å²) in [5.74, 6) is -4.92. The van der Waals surface area contributed by atoms with Gasteiger partial charge in [0.2, 0.25) is 0 Å². The SMILES string of the molecule is Cc1ccc(C)c(CC(=O)c2ccc(F)c(F)c2F)c1. The summed E-state index contributed by atoms with van der Waals surface area (Å²) >= 11 is 0. The molecule has 20 heavy (non-hydrogen) atoms. The van der Waals surface area contributed by atoms with Crippen LogP contribution >= 0.6 is 0 Å². The highest BCUT2D eigenvalue weighted by molar-refractivity contribution is 5.97. The molecule has 2 aromatic carbocycles. The third-order valence-electron chi connectivity index (χ3n) is 3.19. The highest BCUT2D eigenvalue weighted by atomic mass is 19.2. The van der Waals surface area contributed by atoms with Gasteiger partial charge in [-0.2, -0.15) is 0 Å². The predicted molar refractivity (Wildman–Crippen MR) is 70.3 cm³/mol. The zero-order chi connectivity index (χ0) is 14.9. The van der Waals surface area contributed by atoms with Crippen molar-refractivity contribution in [3.05, 3.63) is 70.0 Å². The van der Waals surface area contributed by atoms with Gasteiger partial charge in [-0.15, -0.1) is 0 Å². The van der Waals surface area contributed by atoms with E-state index in [1.54, 1.807) is 0 Å². The molecule has 0 bridgehead atoms. The maximum absolute atomic E-state index is 13.6. The maximum atomic E-state index is 13.6. The zero-order valence-corrected chi connectivity index (χ0v) is 11.1. The summed E-state index contributed by atoms with van der Waals surface area (Å²) in [6.07, 6.45) is -0.0461. The molecule has 0 saturated carbocycles. The van der Waals surface area contributed by atoms with Crippen LogP contribution in [0.5, 0.6) is 0 Å². The van der Waals surface area contributed by atoms with Gasteiger partial charge in [0.05, 0.1) is 5.56 Å². The fourth-order valence-electron chi connectivity index (χ4n) is 2.00. The van der Waals surface area contributed by atoms with Crippen molar-refractivity contribution < 1.29 is 18.0 Å². The van der Waals surface area contributed by atoms with Gasteiger partial charge in [0.15, 0.2) is 23.2 Å². The summed E-state index contributed by atoms with van der Waals surface area (Å²) in [4.78, 5) is 12.0. The Balaban J connectivity index is 2.33. The van der Waals surface area contributed by atoms with E-state index >= 15 is 0 Å². The van der Waals surface area contributed by atoms with Gasteiger partial charge in [-0.25, -0.2) is 13.2 Å². The van der Waals surface area contributed by atoms with E-state index in [1.165, 1.54) is 0 Å².